The van der Waals surface area contributed by atoms with E-state index in [2.05, 4.69) is 46.1 Å². The molecule has 96 valence electrons. The maximum Gasteiger partial charge on any atom is 0.0457 e. The van der Waals surface area contributed by atoms with Gasteiger partial charge in [0.2, 0.25) is 0 Å². The molecule has 1 aromatic carbocycles. The summed E-state index contributed by atoms with van der Waals surface area (Å²) >= 11 is 0. The fraction of sp³-hybridized carbons (Fsp3) is 0.429. The first-order chi connectivity index (χ1) is 8.76. The fourth-order valence-corrected chi connectivity index (χ4v) is 2.55. The number of rotatable bonds is 2. The van der Waals surface area contributed by atoms with Gasteiger partial charge in [-0.3, -0.25) is 0 Å². The predicted molar refractivity (Wildman–Crippen MR) is 75.9 cm³/mol. The molecule has 0 radical (unpaired) electrons. The zero-order valence-corrected chi connectivity index (χ0v) is 10.8. The Balaban J connectivity index is 1.88. The van der Waals surface area contributed by atoms with E-state index in [0.717, 1.165) is 31.9 Å². The normalized spacial score (nSPS) is 17.6. The summed E-state index contributed by atoms with van der Waals surface area (Å²) in [5.74, 6) is 0. The SMILES string of the molecule is CN1CCN(c2ccc3[nH]c(CN)cc3c2)CC1. The van der Waals surface area contributed by atoms with E-state index in [1.807, 2.05) is 0 Å². The topological polar surface area (TPSA) is 48.3 Å². The lowest BCUT2D eigenvalue weighted by molar-refractivity contribution is 0.313. The molecule has 3 N–H and O–H groups in total. The number of nitrogens with zero attached hydrogens (tertiary/aromatic N) is 2. The fourth-order valence-electron chi connectivity index (χ4n) is 2.55. The second-order valence-electron chi connectivity index (χ2n) is 5.06. The largest absolute Gasteiger partial charge is 0.369 e. The molecule has 0 saturated carbocycles. The number of aromatic nitrogens is 1. The second-order valence-corrected chi connectivity index (χ2v) is 5.06. The van der Waals surface area contributed by atoms with Gasteiger partial charge in [-0.15, -0.1) is 0 Å². The Labute approximate surface area is 107 Å². The summed E-state index contributed by atoms with van der Waals surface area (Å²) in [5, 5.41) is 1.26. The summed E-state index contributed by atoms with van der Waals surface area (Å²) in [6.45, 7) is 5.06. The van der Waals surface area contributed by atoms with E-state index < -0.39 is 0 Å². The van der Waals surface area contributed by atoms with Crippen LogP contribution in [0.1, 0.15) is 5.69 Å². The van der Waals surface area contributed by atoms with E-state index in [-0.39, 0.29) is 0 Å². The maximum atomic E-state index is 5.66. The number of H-pyrrole nitrogens is 1. The van der Waals surface area contributed by atoms with Crippen molar-refractivity contribution in [2.24, 2.45) is 5.73 Å². The molecule has 2 aromatic rings. The average Bonchev–Trinajstić information content (AvgIpc) is 2.81. The lowest BCUT2D eigenvalue weighted by Gasteiger charge is -2.34. The van der Waals surface area contributed by atoms with Crippen LogP contribution in [-0.2, 0) is 6.54 Å². The summed E-state index contributed by atoms with van der Waals surface area (Å²) in [4.78, 5) is 8.16. The van der Waals surface area contributed by atoms with E-state index in [1.54, 1.807) is 0 Å². The number of hydrogen-bond donors (Lipinski definition) is 2. The van der Waals surface area contributed by atoms with Crippen LogP contribution in [-0.4, -0.2) is 43.1 Å². The molecule has 1 aromatic heterocycles. The summed E-state index contributed by atoms with van der Waals surface area (Å²) in [6.07, 6.45) is 0. The molecule has 0 bridgehead atoms. The third-order valence-corrected chi connectivity index (χ3v) is 3.75. The van der Waals surface area contributed by atoms with Gasteiger partial charge >= 0.3 is 0 Å². The van der Waals surface area contributed by atoms with Crippen LogP contribution in [0, 0.1) is 0 Å². The molecule has 0 amide bonds. The minimum atomic E-state index is 0.568. The van der Waals surface area contributed by atoms with Crippen LogP contribution in [0.3, 0.4) is 0 Å². The summed E-state index contributed by atoms with van der Waals surface area (Å²) in [6, 6.07) is 8.76. The van der Waals surface area contributed by atoms with Gasteiger partial charge in [0.1, 0.15) is 0 Å². The van der Waals surface area contributed by atoms with Crippen molar-refractivity contribution in [2.75, 3.05) is 38.1 Å². The van der Waals surface area contributed by atoms with Crippen molar-refractivity contribution >= 4 is 16.6 Å². The van der Waals surface area contributed by atoms with Crippen LogP contribution < -0.4 is 10.6 Å². The van der Waals surface area contributed by atoms with E-state index in [1.165, 1.54) is 16.6 Å². The third kappa shape index (κ3) is 2.09. The quantitative estimate of drug-likeness (QED) is 0.839. The molecule has 1 fully saturated rings. The van der Waals surface area contributed by atoms with Gasteiger partial charge in [-0.05, 0) is 31.3 Å². The molecule has 1 aliphatic heterocycles. The molecular formula is C14H20N4. The zero-order chi connectivity index (χ0) is 12.5. The van der Waals surface area contributed by atoms with E-state index in [4.69, 9.17) is 5.73 Å². The number of aromatic amines is 1. The van der Waals surface area contributed by atoms with Crippen LogP contribution in [0.25, 0.3) is 10.9 Å². The van der Waals surface area contributed by atoms with Crippen molar-refractivity contribution in [1.29, 1.82) is 0 Å². The molecule has 0 unspecified atom stereocenters. The van der Waals surface area contributed by atoms with Gasteiger partial charge < -0.3 is 20.5 Å². The molecule has 4 heteroatoms. The van der Waals surface area contributed by atoms with Crippen molar-refractivity contribution in [2.45, 2.75) is 6.54 Å². The number of fused-ring (bicyclic) bond motifs is 1. The smallest absolute Gasteiger partial charge is 0.0457 e. The molecule has 3 rings (SSSR count). The molecule has 0 spiro atoms. The van der Waals surface area contributed by atoms with E-state index in [9.17, 15) is 0 Å². The number of nitrogens with two attached hydrogens (primary N) is 1. The first kappa shape index (κ1) is 11.6. The van der Waals surface area contributed by atoms with Gasteiger partial charge in [-0.25, -0.2) is 0 Å². The highest BCUT2D eigenvalue weighted by atomic mass is 15.2. The number of anilines is 1. The molecule has 2 heterocycles. The molecule has 1 aliphatic rings. The maximum absolute atomic E-state index is 5.66. The van der Waals surface area contributed by atoms with Crippen LogP contribution in [0.4, 0.5) is 5.69 Å². The van der Waals surface area contributed by atoms with E-state index in [0.29, 0.717) is 6.54 Å². The standard InChI is InChI=1S/C14H20N4/c1-17-4-6-18(7-5-17)13-2-3-14-11(9-13)8-12(10-15)16-14/h2-3,8-9,16H,4-7,10,15H2,1H3. The molecule has 0 aliphatic carbocycles. The average molecular weight is 244 g/mol. The van der Waals surface area contributed by atoms with Crippen LogP contribution in [0.2, 0.25) is 0 Å². The Hall–Kier alpha value is -1.52. The van der Waals surface area contributed by atoms with Gasteiger partial charge in [0.15, 0.2) is 0 Å². The summed E-state index contributed by atoms with van der Waals surface area (Å²) in [5.41, 5.74) is 9.25. The molecule has 18 heavy (non-hydrogen) atoms. The highest BCUT2D eigenvalue weighted by Crippen LogP contribution is 2.23. The van der Waals surface area contributed by atoms with Crippen molar-refractivity contribution in [1.82, 2.24) is 9.88 Å². The second kappa shape index (κ2) is 4.63. The highest BCUT2D eigenvalue weighted by molar-refractivity contribution is 5.84. The van der Waals surface area contributed by atoms with Crippen LogP contribution in [0.15, 0.2) is 24.3 Å². The van der Waals surface area contributed by atoms with Gasteiger partial charge in [0.05, 0.1) is 0 Å². The Morgan fingerprint density at radius 1 is 1.17 bits per heavy atom. The van der Waals surface area contributed by atoms with Crippen molar-refractivity contribution in [3.8, 4) is 0 Å². The Morgan fingerprint density at radius 2 is 1.94 bits per heavy atom. The summed E-state index contributed by atoms with van der Waals surface area (Å²) in [7, 11) is 2.18. The van der Waals surface area contributed by atoms with Gasteiger partial charge in [0, 0.05) is 55.0 Å². The minimum Gasteiger partial charge on any atom is -0.369 e. The molecule has 0 atom stereocenters. The monoisotopic (exact) mass is 244 g/mol. The first-order valence-corrected chi connectivity index (χ1v) is 6.51. The number of piperazine rings is 1. The molecule has 1 saturated heterocycles. The van der Waals surface area contributed by atoms with Gasteiger partial charge in [0.25, 0.3) is 0 Å². The highest BCUT2D eigenvalue weighted by Gasteiger charge is 2.14. The number of hydrogen-bond acceptors (Lipinski definition) is 3. The van der Waals surface area contributed by atoms with Gasteiger partial charge in [-0.1, -0.05) is 0 Å². The Kier molecular flexibility index (Phi) is 2.97. The Bertz CT molecular complexity index is 538. The minimum absolute atomic E-state index is 0.568. The molecular weight excluding hydrogens is 224 g/mol. The van der Waals surface area contributed by atoms with Crippen molar-refractivity contribution in [3.05, 3.63) is 30.0 Å². The van der Waals surface area contributed by atoms with Crippen LogP contribution >= 0.6 is 0 Å². The van der Waals surface area contributed by atoms with Crippen molar-refractivity contribution in [3.63, 3.8) is 0 Å². The lowest BCUT2D eigenvalue weighted by Crippen LogP contribution is -2.44. The number of likely N-dealkylation sites (N-methyl/N-ethyl adjacent to an activating group) is 1. The van der Waals surface area contributed by atoms with E-state index >= 15 is 0 Å². The number of benzene rings is 1. The summed E-state index contributed by atoms with van der Waals surface area (Å²) < 4.78 is 0. The third-order valence-electron chi connectivity index (χ3n) is 3.75. The van der Waals surface area contributed by atoms with Crippen LogP contribution in [0.5, 0.6) is 0 Å². The van der Waals surface area contributed by atoms with Crippen molar-refractivity contribution < 1.29 is 0 Å². The lowest BCUT2D eigenvalue weighted by atomic mass is 10.2. The first-order valence-electron chi connectivity index (χ1n) is 6.51. The Morgan fingerprint density at radius 3 is 2.67 bits per heavy atom. The van der Waals surface area contributed by atoms with Gasteiger partial charge in [-0.2, -0.15) is 0 Å². The predicted octanol–water partition coefficient (Wildman–Crippen LogP) is 1.38. The number of nitrogens with one attached hydrogen (secondary N) is 1. The molecule has 4 nitrogen and oxygen atoms in total. The zero-order valence-electron chi connectivity index (χ0n) is 10.8.